The molecule has 0 heterocycles. The molecule has 6 nitrogen and oxygen atoms in total. The number of benzene rings is 1. The molecule has 1 aliphatic rings. The van der Waals surface area contributed by atoms with Crippen molar-refractivity contribution >= 4 is 23.2 Å². The molecule has 1 fully saturated rings. The third-order valence-corrected chi connectivity index (χ3v) is 4.29. The number of rotatable bonds is 5. The van der Waals surface area contributed by atoms with Crippen molar-refractivity contribution in [3.63, 3.8) is 0 Å². The summed E-state index contributed by atoms with van der Waals surface area (Å²) in [7, 11) is 3.15. The smallest absolute Gasteiger partial charge is 0.242 e. The lowest BCUT2D eigenvalue weighted by molar-refractivity contribution is -0.121. The highest BCUT2D eigenvalue weighted by Crippen LogP contribution is 2.27. The first-order valence-corrected chi connectivity index (χ1v) is 8.59. The third kappa shape index (κ3) is 5.56. The van der Waals surface area contributed by atoms with Crippen molar-refractivity contribution in [3.8, 4) is 11.5 Å². The van der Waals surface area contributed by atoms with E-state index in [4.69, 9.17) is 21.7 Å². The molecule has 0 unspecified atom stereocenters. The van der Waals surface area contributed by atoms with E-state index in [9.17, 15) is 4.79 Å². The minimum atomic E-state index is -0.171. The van der Waals surface area contributed by atoms with Gasteiger partial charge >= 0.3 is 0 Å². The Labute approximate surface area is 148 Å². The largest absolute Gasteiger partial charge is 0.493 e. The van der Waals surface area contributed by atoms with Crippen molar-refractivity contribution in [1.82, 2.24) is 16.2 Å². The van der Waals surface area contributed by atoms with Gasteiger partial charge in [0, 0.05) is 6.04 Å². The zero-order valence-corrected chi connectivity index (χ0v) is 15.0. The van der Waals surface area contributed by atoms with Crippen LogP contribution in [-0.4, -0.2) is 31.3 Å². The number of hydrogen-bond donors (Lipinski definition) is 3. The molecule has 132 valence electrons. The standard InChI is InChI=1S/C17H25N3O3S/c1-22-14-9-8-12(10-15(14)23-2)11-16(21)19-20-17(24)18-13-6-4-3-5-7-13/h8-10,13H,3-7,11H2,1-2H3,(H,19,21)(H2,18,20,24). The summed E-state index contributed by atoms with van der Waals surface area (Å²) in [4.78, 5) is 12.0. The molecule has 24 heavy (non-hydrogen) atoms. The number of methoxy groups -OCH3 is 2. The second-order valence-corrected chi connectivity index (χ2v) is 6.26. The van der Waals surface area contributed by atoms with Gasteiger partial charge in [0.15, 0.2) is 16.6 Å². The Kier molecular flexibility index (Phi) is 7.11. The Hall–Kier alpha value is -2.02. The van der Waals surface area contributed by atoms with Gasteiger partial charge in [-0.3, -0.25) is 15.6 Å². The highest BCUT2D eigenvalue weighted by Gasteiger charge is 2.14. The van der Waals surface area contributed by atoms with Crippen molar-refractivity contribution in [2.75, 3.05) is 14.2 Å². The Morgan fingerprint density at radius 2 is 1.83 bits per heavy atom. The number of nitrogens with one attached hydrogen (secondary N) is 3. The van der Waals surface area contributed by atoms with Gasteiger partial charge in [-0.25, -0.2) is 0 Å². The zero-order chi connectivity index (χ0) is 17.4. The van der Waals surface area contributed by atoms with E-state index in [1.54, 1.807) is 26.4 Å². The summed E-state index contributed by atoms with van der Waals surface area (Å²) in [6, 6.07) is 5.81. The summed E-state index contributed by atoms with van der Waals surface area (Å²) in [5, 5.41) is 3.70. The van der Waals surface area contributed by atoms with Crippen molar-refractivity contribution in [2.45, 2.75) is 44.6 Å². The molecule has 1 saturated carbocycles. The maximum atomic E-state index is 12.0. The Morgan fingerprint density at radius 1 is 1.12 bits per heavy atom. The molecule has 1 aromatic carbocycles. The molecule has 0 radical (unpaired) electrons. The van der Waals surface area contributed by atoms with Gasteiger partial charge in [0.2, 0.25) is 5.91 Å². The van der Waals surface area contributed by atoms with Crippen LogP contribution in [0.5, 0.6) is 11.5 Å². The van der Waals surface area contributed by atoms with Gasteiger partial charge in [-0.1, -0.05) is 25.3 Å². The van der Waals surface area contributed by atoms with E-state index in [0.29, 0.717) is 22.7 Å². The topological polar surface area (TPSA) is 71.6 Å². The van der Waals surface area contributed by atoms with Crippen LogP contribution in [0.1, 0.15) is 37.7 Å². The molecular weight excluding hydrogens is 326 g/mol. The SMILES string of the molecule is COc1ccc(CC(=O)NNC(=S)NC2CCCCC2)cc1OC. The Balaban J connectivity index is 1.77. The fourth-order valence-electron chi connectivity index (χ4n) is 2.82. The lowest BCUT2D eigenvalue weighted by Gasteiger charge is -2.24. The quantitative estimate of drug-likeness (QED) is 0.557. The summed E-state index contributed by atoms with van der Waals surface area (Å²) in [5.41, 5.74) is 6.22. The average molecular weight is 351 g/mol. The molecule has 2 rings (SSSR count). The van der Waals surface area contributed by atoms with Crippen LogP contribution in [0.3, 0.4) is 0 Å². The number of ether oxygens (including phenoxy) is 2. The predicted octanol–water partition coefficient (Wildman–Crippen LogP) is 2.07. The van der Waals surface area contributed by atoms with Crippen molar-refractivity contribution in [2.24, 2.45) is 0 Å². The Morgan fingerprint density at radius 3 is 2.50 bits per heavy atom. The molecule has 0 aliphatic heterocycles. The Bertz CT molecular complexity index is 574. The lowest BCUT2D eigenvalue weighted by atomic mass is 9.96. The molecule has 7 heteroatoms. The predicted molar refractivity (Wildman–Crippen MR) is 97.1 cm³/mol. The highest BCUT2D eigenvalue weighted by atomic mass is 32.1. The van der Waals surface area contributed by atoms with Gasteiger partial charge < -0.3 is 14.8 Å². The third-order valence-electron chi connectivity index (χ3n) is 4.07. The molecule has 0 spiro atoms. The molecule has 1 amide bonds. The first kappa shape index (κ1) is 18.3. The van der Waals surface area contributed by atoms with Crippen LogP contribution in [0.25, 0.3) is 0 Å². The van der Waals surface area contributed by atoms with Crippen LogP contribution >= 0.6 is 12.2 Å². The van der Waals surface area contributed by atoms with E-state index in [0.717, 1.165) is 18.4 Å². The molecule has 0 aromatic heterocycles. The van der Waals surface area contributed by atoms with E-state index in [1.807, 2.05) is 6.07 Å². The van der Waals surface area contributed by atoms with Crippen molar-refractivity contribution in [3.05, 3.63) is 23.8 Å². The summed E-state index contributed by atoms with van der Waals surface area (Å²) in [6.07, 6.45) is 6.22. The van der Waals surface area contributed by atoms with E-state index in [2.05, 4.69) is 16.2 Å². The van der Waals surface area contributed by atoms with E-state index >= 15 is 0 Å². The lowest BCUT2D eigenvalue weighted by Crippen LogP contribution is -2.50. The number of hydrogen-bond acceptors (Lipinski definition) is 4. The van der Waals surface area contributed by atoms with Gasteiger partial charge in [0.25, 0.3) is 0 Å². The van der Waals surface area contributed by atoms with Crippen molar-refractivity contribution < 1.29 is 14.3 Å². The fraction of sp³-hybridized carbons (Fsp3) is 0.529. The normalized spacial score (nSPS) is 14.6. The molecule has 0 atom stereocenters. The van der Waals surface area contributed by atoms with Crippen LogP contribution in [-0.2, 0) is 11.2 Å². The van der Waals surface area contributed by atoms with Gasteiger partial charge in [-0.15, -0.1) is 0 Å². The second-order valence-electron chi connectivity index (χ2n) is 5.85. The number of carbonyl (C=O) groups is 1. The number of amides is 1. The molecule has 0 bridgehead atoms. The molecule has 3 N–H and O–H groups in total. The van der Waals surface area contributed by atoms with Crippen LogP contribution in [0.4, 0.5) is 0 Å². The highest BCUT2D eigenvalue weighted by molar-refractivity contribution is 7.80. The first-order chi connectivity index (χ1) is 11.6. The fourth-order valence-corrected chi connectivity index (χ4v) is 3.03. The van der Waals surface area contributed by atoms with Gasteiger partial charge in [-0.05, 0) is 42.8 Å². The van der Waals surface area contributed by atoms with E-state index in [1.165, 1.54) is 19.3 Å². The maximum Gasteiger partial charge on any atom is 0.242 e. The summed E-state index contributed by atoms with van der Waals surface area (Å²) in [5.74, 6) is 1.07. The number of thiocarbonyl (C=S) groups is 1. The van der Waals surface area contributed by atoms with E-state index < -0.39 is 0 Å². The summed E-state index contributed by atoms with van der Waals surface area (Å²) in [6.45, 7) is 0. The second kappa shape index (κ2) is 9.32. The zero-order valence-electron chi connectivity index (χ0n) is 14.2. The van der Waals surface area contributed by atoms with Gasteiger partial charge in [-0.2, -0.15) is 0 Å². The number of carbonyl (C=O) groups excluding carboxylic acids is 1. The number of hydrazine groups is 1. The van der Waals surface area contributed by atoms with Crippen LogP contribution < -0.4 is 25.6 Å². The minimum absolute atomic E-state index is 0.171. The molecular formula is C17H25N3O3S. The first-order valence-electron chi connectivity index (χ1n) is 8.18. The average Bonchev–Trinajstić information content (AvgIpc) is 2.60. The molecule has 1 aromatic rings. The van der Waals surface area contributed by atoms with Crippen molar-refractivity contribution in [1.29, 1.82) is 0 Å². The van der Waals surface area contributed by atoms with Gasteiger partial charge in [0.1, 0.15) is 0 Å². The summed E-state index contributed by atoms with van der Waals surface area (Å²) >= 11 is 5.22. The maximum absolute atomic E-state index is 12.0. The monoisotopic (exact) mass is 351 g/mol. The van der Waals surface area contributed by atoms with Crippen LogP contribution in [0.15, 0.2) is 18.2 Å². The van der Waals surface area contributed by atoms with E-state index in [-0.39, 0.29) is 12.3 Å². The molecule has 0 saturated heterocycles. The molecule has 1 aliphatic carbocycles. The van der Waals surface area contributed by atoms with Crippen LogP contribution in [0.2, 0.25) is 0 Å². The minimum Gasteiger partial charge on any atom is -0.493 e. The van der Waals surface area contributed by atoms with Gasteiger partial charge in [0.05, 0.1) is 20.6 Å². The van der Waals surface area contributed by atoms with Crippen LogP contribution in [0, 0.1) is 0 Å². The summed E-state index contributed by atoms with van der Waals surface area (Å²) < 4.78 is 10.4.